The molecule has 4 aliphatic rings. The number of aliphatic hydroxyl groups is 1. The maximum Gasteiger partial charge on any atom is 0.313 e. The van der Waals surface area contributed by atoms with Crippen LogP contribution < -0.4 is 10.2 Å². The minimum absolute atomic E-state index is 0.0403. The van der Waals surface area contributed by atoms with Crippen LogP contribution >= 0.6 is 27.5 Å². The molecule has 50 heavy (non-hydrogen) atoms. The fourth-order valence-electron chi connectivity index (χ4n) is 7.71. The number of carbonyl (C=O) groups is 4. The lowest BCUT2D eigenvalue weighted by Crippen LogP contribution is -2.59. The summed E-state index contributed by atoms with van der Waals surface area (Å²) in [5.41, 5.74) is -0.530. The molecule has 2 aromatic carbocycles. The Morgan fingerprint density at radius 1 is 1.04 bits per heavy atom. The second-order valence-corrected chi connectivity index (χ2v) is 14.7. The molecule has 3 amide bonds. The van der Waals surface area contributed by atoms with E-state index in [0.29, 0.717) is 27.2 Å². The van der Waals surface area contributed by atoms with Crippen molar-refractivity contribution < 1.29 is 38.5 Å². The van der Waals surface area contributed by atoms with Crippen LogP contribution in [0.15, 0.2) is 77.3 Å². The van der Waals surface area contributed by atoms with Gasteiger partial charge in [0, 0.05) is 24.6 Å². The molecule has 0 aliphatic carbocycles. The molecule has 6 rings (SSSR count). The number of allylic oxidation sites excluding steroid dienone is 1. The Labute approximate surface area is 304 Å². The Balaban J connectivity index is 1.52. The largest absolute Gasteiger partial charge is 0.455 e. The molecule has 8 atom stereocenters. The van der Waals surface area contributed by atoms with E-state index in [0.717, 1.165) is 0 Å². The molecule has 0 saturated carbocycles. The van der Waals surface area contributed by atoms with Gasteiger partial charge >= 0.3 is 5.97 Å². The standard InChI is InChI=1S/C37H41BrClN3O8/c1-21(2)27(19-43)42-33-35(46)41(26-15-10-9-14-24(26)39)17-11-5-8-16-28(44)40-25(20-48-3)31(22-12-6-4-7-13-22)49-36(47)29-30(34(42)45)37(33)18-23(38)32(29)50-37/h4-7,9-15,18,21,25,27,29-33,43H,8,16-17,19-20H2,1-3H3,(H,40,44)/b11-5-/t25-,27+,29+,30-,31-,32+,33+,37-/m1/s1. The van der Waals surface area contributed by atoms with E-state index in [1.807, 2.05) is 26.0 Å². The number of nitrogens with one attached hydrogen (secondary N) is 1. The number of aliphatic hydroxyl groups excluding tert-OH is 1. The van der Waals surface area contributed by atoms with Crippen molar-refractivity contribution in [1.82, 2.24) is 10.2 Å². The average Bonchev–Trinajstić information content (AvgIpc) is 3.69. The topological polar surface area (TPSA) is 135 Å². The Hall–Kier alpha value is -3.55. The van der Waals surface area contributed by atoms with E-state index >= 15 is 4.79 Å². The number of ether oxygens (including phenoxy) is 3. The highest BCUT2D eigenvalue weighted by Gasteiger charge is 2.75. The van der Waals surface area contributed by atoms with Crippen molar-refractivity contribution in [1.29, 1.82) is 0 Å². The summed E-state index contributed by atoms with van der Waals surface area (Å²) in [5.74, 6) is -4.54. The van der Waals surface area contributed by atoms with Gasteiger partial charge in [0.1, 0.15) is 29.8 Å². The van der Waals surface area contributed by atoms with Crippen LogP contribution in [0.4, 0.5) is 5.69 Å². The van der Waals surface area contributed by atoms with Crippen molar-refractivity contribution in [2.75, 3.05) is 31.8 Å². The maximum atomic E-state index is 15.1. The number of methoxy groups -OCH3 is 1. The van der Waals surface area contributed by atoms with Gasteiger partial charge < -0.3 is 34.4 Å². The van der Waals surface area contributed by atoms with Gasteiger partial charge in [-0.05, 0) is 36.1 Å². The number of esters is 1. The minimum Gasteiger partial charge on any atom is -0.455 e. The average molecular weight is 771 g/mol. The first-order valence-electron chi connectivity index (χ1n) is 16.8. The molecule has 266 valence electrons. The number of hydrogen-bond donors (Lipinski definition) is 2. The number of likely N-dealkylation sites (tertiary alicyclic amines) is 1. The Morgan fingerprint density at radius 2 is 1.76 bits per heavy atom. The third-order valence-corrected chi connectivity index (χ3v) is 11.0. The molecule has 0 aromatic heterocycles. The molecule has 2 aromatic rings. The number of fused-ring (bicyclic) bond motifs is 2. The fraction of sp³-hybridized carbons (Fsp3) is 0.459. The van der Waals surface area contributed by atoms with E-state index in [1.165, 1.54) is 16.9 Å². The second-order valence-electron chi connectivity index (χ2n) is 13.4. The van der Waals surface area contributed by atoms with Crippen LogP contribution in [-0.4, -0.2) is 90.4 Å². The first-order valence-corrected chi connectivity index (χ1v) is 17.9. The molecule has 13 heteroatoms. The van der Waals surface area contributed by atoms with Crippen LogP contribution in [0, 0.1) is 17.8 Å². The quantitative estimate of drug-likeness (QED) is 0.314. The molecule has 2 fully saturated rings. The predicted octanol–water partition coefficient (Wildman–Crippen LogP) is 4.33. The predicted molar refractivity (Wildman–Crippen MR) is 189 cm³/mol. The zero-order valence-electron chi connectivity index (χ0n) is 28.0. The van der Waals surface area contributed by atoms with Crippen LogP contribution in [0.1, 0.15) is 38.4 Å². The second kappa shape index (κ2) is 15.0. The number of amides is 3. The van der Waals surface area contributed by atoms with E-state index in [4.69, 9.17) is 25.8 Å². The van der Waals surface area contributed by atoms with Gasteiger partial charge in [-0.3, -0.25) is 19.2 Å². The van der Waals surface area contributed by atoms with Crippen molar-refractivity contribution in [2.24, 2.45) is 17.8 Å². The molecule has 4 heterocycles. The summed E-state index contributed by atoms with van der Waals surface area (Å²) in [7, 11) is 1.50. The monoisotopic (exact) mass is 769 g/mol. The zero-order chi connectivity index (χ0) is 35.7. The number of nitrogens with zero attached hydrogens (tertiary/aromatic N) is 2. The molecular weight excluding hydrogens is 730 g/mol. The molecule has 0 unspecified atom stereocenters. The molecule has 0 radical (unpaired) electrons. The number of carbonyl (C=O) groups excluding carboxylic acids is 4. The summed E-state index contributed by atoms with van der Waals surface area (Å²) < 4.78 is 18.9. The lowest BCUT2D eigenvalue weighted by molar-refractivity contribution is -0.162. The van der Waals surface area contributed by atoms with Gasteiger partial charge in [-0.2, -0.15) is 0 Å². The van der Waals surface area contributed by atoms with Crippen molar-refractivity contribution in [3.8, 4) is 0 Å². The molecule has 1 spiro atoms. The first kappa shape index (κ1) is 36.2. The lowest BCUT2D eigenvalue weighted by atomic mass is 9.74. The molecule has 2 saturated heterocycles. The number of para-hydroxylation sites is 1. The lowest BCUT2D eigenvalue weighted by Gasteiger charge is -2.40. The van der Waals surface area contributed by atoms with Gasteiger partial charge in [-0.15, -0.1) is 0 Å². The molecular formula is C37H41BrClN3O8. The number of cyclic esters (lactones) is 1. The van der Waals surface area contributed by atoms with E-state index in [-0.39, 0.29) is 31.4 Å². The Bertz CT molecular complexity index is 1690. The van der Waals surface area contributed by atoms with Crippen molar-refractivity contribution in [2.45, 2.75) is 62.6 Å². The summed E-state index contributed by atoms with van der Waals surface area (Å²) in [5, 5.41) is 14.0. The highest BCUT2D eigenvalue weighted by atomic mass is 79.9. The summed E-state index contributed by atoms with van der Waals surface area (Å²) in [6.07, 6.45) is 3.90. The molecule has 11 nitrogen and oxygen atoms in total. The third-order valence-electron chi connectivity index (χ3n) is 10.0. The fourth-order valence-corrected chi connectivity index (χ4v) is 8.69. The number of halogens is 2. The van der Waals surface area contributed by atoms with Crippen molar-refractivity contribution >= 4 is 56.9 Å². The Morgan fingerprint density at radius 3 is 2.44 bits per heavy atom. The third kappa shape index (κ3) is 6.41. The van der Waals surface area contributed by atoms with E-state index in [1.54, 1.807) is 60.7 Å². The first-order chi connectivity index (χ1) is 24.0. The van der Waals surface area contributed by atoms with Gasteiger partial charge in [0.2, 0.25) is 11.8 Å². The Kier molecular flexibility index (Phi) is 10.9. The summed E-state index contributed by atoms with van der Waals surface area (Å²) in [6, 6.07) is 13.1. The molecule has 2 N–H and O–H groups in total. The molecule has 4 aliphatic heterocycles. The SMILES string of the molecule is COC[C@H]1NC(=O)CC/C=C\CN(c2ccccc2Cl)C(=O)[C@@H]2N([C@@H](CO)C(C)C)C(=O)[C@H]3[C@H](C(=O)O[C@@H]1c1ccccc1)[C@H]1O[C@@]23C=C1Br. The van der Waals surface area contributed by atoms with Crippen molar-refractivity contribution in [3.63, 3.8) is 0 Å². The van der Waals surface area contributed by atoms with Crippen LogP contribution in [-0.2, 0) is 33.4 Å². The van der Waals surface area contributed by atoms with Gasteiger partial charge in [0.25, 0.3) is 5.91 Å². The summed E-state index contributed by atoms with van der Waals surface area (Å²) in [4.78, 5) is 60.6. The van der Waals surface area contributed by atoms with Gasteiger partial charge in [-0.1, -0.05) is 96.0 Å². The van der Waals surface area contributed by atoms with Crippen molar-refractivity contribution in [3.05, 3.63) is 87.9 Å². The smallest absolute Gasteiger partial charge is 0.313 e. The van der Waals surface area contributed by atoms with E-state index in [2.05, 4.69) is 21.2 Å². The number of rotatable bonds is 7. The number of benzene rings is 2. The van der Waals surface area contributed by atoms with E-state index < -0.39 is 72.2 Å². The normalized spacial score (nSPS) is 31.4. The highest BCUT2D eigenvalue weighted by molar-refractivity contribution is 9.11. The maximum absolute atomic E-state index is 15.1. The summed E-state index contributed by atoms with van der Waals surface area (Å²) >= 11 is 10.3. The zero-order valence-corrected chi connectivity index (χ0v) is 30.4. The van der Waals surface area contributed by atoms with Gasteiger partial charge in [-0.25, -0.2) is 0 Å². The highest BCUT2D eigenvalue weighted by Crippen LogP contribution is 2.59. The number of hydrogen-bond acceptors (Lipinski definition) is 8. The number of anilines is 1. The summed E-state index contributed by atoms with van der Waals surface area (Å²) in [6.45, 7) is 3.41. The van der Waals surface area contributed by atoms with Gasteiger partial charge in [0.15, 0.2) is 0 Å². The van der Waals surface area contributed by atoms with Crippen LogP contribution in [0.25, 0.3) is 0 Å². The van der Waals surface area contributed by atoms with E-state index in [9.17, 15) is 19.5 Å². The van der Waals surface area contributed by atoms with Gasteiger partial charge in [0.05, 0.1) is 41.9 Å². The van der Waals surface area contributed by atoms with Crippen LogP contribution in [0.5, 0.6) is 0 Å². The van der Waals surface area contributed by atoms with Crippen LogP contribution in [0.3, 0.4) is 0 Å². The van der Waals surface area contributed by atoms with Crippen LogP contribution in [0.2, 0.25) is 5.02 Å². The minimum atomic E-state index is -1.57. The molecule has 5 bridgehead atoms.